The fourth-order valence-corrected chi connectivity index (χ4v) is 4.99. The number of hydrogen-bond acceptors (Lipinski definition) is 8. The average Bonchev–Trinajstić information content (AvgIpc) is 2.91. The summed E-state index contributed by atoms with van der Waals surface area (Å²) in [5, 5.41) is 10.8. The second-order valence-corrected chi connectivity index (χ2v) is 8.84. The van der Waals surface area contributed by atoms with Crippen molar-refractivity contribution in [2.45, 2.75) is 12.3 Å². The molecule has 0 fully saturated rings. The van der Waals surface area contributed by atoms with Gasteiger partial charge in [-0.3, -0.25) is 9.59 Å². The predicted octanol–water partition coefficient (Wildman–Crippen LogP) is 5.05. The zero-order valence-electron chi connectivity index (χ0n) is 20.1. The molecule has 1 atom stereocenters. The first-order valence-corrected chi connectivity index (χ1v) is 11.6. The second-order valence-electron chi connectivity index (χ2n) is 8.84. The van der Waals surface area contributed by atoms with E-state index in [1.165, 1.54) is 26.5 Å². The minimum absolute atomic E-state index is 0.00621. The summed E-state index contributed by atoms with van der Waals surface area (Å²) in [6.07, 6.45) is 3.38. The fraction of sp³-hybridized carbons (Fsp3) is 0.172. The van der Waals surface area contributed by atoms with Crippen molar-refractivity contribution >= 4 is 23.0 Å². The van der Waals surface area contributed by atoms with Gasteiger partial charge in [-0.15, -0.1) is 0 Å². The van der Waals surface area contributed by atoms with Crippen molar-refractivity contribution in [1.82, 2.24) is 0 Å². The first-order valence-electron chi connectivity index (χ1n) is 11.6. The number of para-hydroxylation sites is 1. The van der Waals surface area contributed by atoms with Gasteiger partial charge < -0.3 is 28.5 Å². The van der Waals surface area contributed by atoms with Crippen LogP contribution in [0.15, 0.2) is 69.6 Å². The Labute approximate surface area is 211 Å². The molecule has 8 heteroatoms. The molecule has 186 valence electrons. The lowest BCUT2D eigenvalue weighted by Gasteiger charge is -2.29. The maximum atomic E-state index is 13.7. The van der Waals surface area contributed by atoms with Gasteiger partial charge in [-0.2, -0.15) is 0 Å². The number of phenols is 1. The van der Waals surface area contributed by atoms with Crippen LogP contribution in [-0.2, 0) is 4.79 Å². The molecular weight excluding hydrogens is 476 g/mol. The SMILES string of the molecule is COc1ccc(-c2coc3c4c(cc(O)c3c2=O)OC(=O)C[C@H]4C2=Cc3ccccc3OC2)cc1OC. The second kappa shape index (κ2) is 8.74. The molecule has 0 bridgehead atoms. The van der Waals surface area contributed by atoms with Crippen LogP contribution in [0.25, 0.3) is 28.2 Å². The molecule has 0 unspecified atom stereocenters. The number of aromatic hydroxyl groups is 1. The van der Waals surface area contributed by atoms with Gasteiger partial charge >= 0.3 is 5.97 Å². The number of benzene rings is 3. The molecule has 0 saturated carbocycles. The lowest BCUT2D eigenvalue weighted by molar-refractivity contribution is -0.135. The maximum absolute atomic E-state index is 13.7. The van der Waals surface area contributed by atoms with Gasteiger partial charge in [-0.25, -0.2) is 0 Å². The first-order chi connectivity index (χ1) is 18.0. The molecule has 2 aliphatic rings. The summed E-state index contributed by atoms with van der Waals surface area (Å²) in [5.41, 5.74) is 2.78. The van der Waals surface area contributed by atoms with Crippen LogP contribution in [0.2, 0.25) is 0 Å². The number of fused-ring (bicyclic) bond motifs is 4. The summed E-state index contributed by atoms with van der Waals surface area (Å²) >= 11 is 0. The van der Waals surface area contributed by atoms with Gasteiger partial charge in [0.1, 0.15) is 41.1 Å². The molecular formula is C29H22O8. The molecule has 3 heterocycles. The Bertz CT molecular complexity index is 1660. The summed E-state index contributed by atoms with van der Waals surface area (Å²) in [6, 6.07) is 14.0. The van der Waals surface area contributed by atoms with Crippen LogP contribution in [-0.4, -0.2) is 31.9 Å². The highest BCUT2D eigenvalue weighted by Crippen LogP contribution is 2.47. The highest BCUT2D eigenvalue weighted by atomic mass is 16.5. The molecule has 1 N–H and O–H groups in total. The predicted molar refractivity (Wildman–Crippen MR) is 136 cm³/mol. The van der Waals surface area contributed by atoms with Crippen molar-refractivity contribution in [2.75, 3.05) is 20.8 Å². The average molecular weight is 498 g/mol. The third-order valence-electron chi connectivity index (χ3n) is 6.77. The van der Waals surface area contributed by atoms with Crippen LogP contribution < -0.4 is 24.4 Å². The van der Waals surface area contributed by atoms with Crippen LogP contribution in [0.3, 0.4) is 0 Å². The highest BCUT2D eigenvalue weighted by molar-refractivity contribution is 5.94. The summed E-state index contributed by atoms with van der Waals surface area (Å²) in [7, 11) is 3.03. The molecule has 37 heavy (non-hydrogen) atoms. The summed E-state index contributed by atoms with van der Waals surface area (Å²) < 4.78 is 28.1. The molecule has 8 nitrogen and oxygen atoms in total. The van der Waals surface area contributed by atoms with Crippen molar-refractivity contribution < 1.29 is 33.3 Å². The van der Waals surface area contributed by atoms with Crippen molar-refractivity contribution in [3.05, 3.63) is 81.7 Å². The lowest BCUT2D eigenvalue weighted by atomic mass is 9.83. The van der Waals surface area contributed by atoms with Crippen molar-refractivity contribution in [2.24, 2.45) is 0 Å². The summed E-state index contributed by atoms with van der Waals surface area (Å²) in [4.78, 5) is 26.2. The molecule has 4 aromatic rings. The Kier molecular flexibility index (Phi) is 5.37. The number of esters is 1. The van der Waals surface area contributed by atoms with Gasteiger partial charge in [-0.1, -0.05) is 24.3 Å². The topological polar surface area (TPSA) is 104 Å². The van der Waals surface area contributed by atoms with E-state index in [1.54, 1.807) is 18.2 Å². The van der Waals surface area contributed by atoms with Crippen molar-refractivity contribution in [1.29, 1.82) is 0 Å². The lowest BCUT2D eigenvalue weighted by Crippen LogP contribution is -2.25. The third kappa shape index (κ3) is 3.69. The largest absolute Gasteiger partial charge is 0.507 e. The zero-order valence-corrected chi connectivity index (χ0v) is 20.1. The Balaban J connectivity index is 1.54. The smallest absolute Gasteiger partial charge is 0.312 e. The number of methoxy groups -OCH3 is 2. The standard InChI is InChI=1S/C29H22O8/c1-33-22-8-7-15(10-23(22)34-2)19-14-36-29-26-18(17-9-16-5-3-4-6-21(16)35-13-17)11-25(31)37-24(26)12-20(30)27(29)28(19)32/h3-10,12,14,18,30H,11,13H2,1-2H3/t18-/m0/s1. The number of rotatable bonds is 4. The fourth-order valence-electron chi connectivity index (χ4n) is 4.99. The Hall–Kier alpha value is -4.72. The van der Waals surface area contributed by atoms with E-state index in [4.69, 9.17) is 23.4 Å². The van der Waals surface area contributed by atoms with Gasteiger partial charge in [0.15, 0.2) is 11.5 Å². The molecule has 1 aromatic heterocycles. The molecule has 0 spiro atoms. The van der Waals surface area contributed by atoms with Crippen molar-refractivity contribution in [3.8, 4) is 39.9 Å². The monoisotopic (exact) mass is 498 g/mol. The Morgan fingerprint density at radius 3 is 2.59 bits per heavy atom. The van der Waals surface area contributed by atoms with E-state index in [9.17, 15) is 14.7 Å². The quantitative estimate of drug-likeness (QED) is 0.308. The van der Waals surface area contributed by atoms with Gasteiger partial charge in [0.05, 0.1) is 26.2 Å². The molecule has 2 aliphatic heterocycles. The Morgan fingerprint density at radius 1 is 0.973 bits per heavy atom. The number of carbonyl (C=O) groups is 1. The van der Waals surface area contributed by atoms with E-state index in [0.717, 1.165) is 16.9 Å². The molecule has 0 radical (unpaired) electrons. The number of hydrogen-bond donors (Lipinski definition) is 1. The van der Waals surface area contributed by atoms with Gasteiger partial charge in [0.25, 0.3) is 0 Å². The van der Waals surface area contributed by atoms with Crippen LogP contribution in [0, 0.1) is 0 Å². The van der Waals surface area contributed by atoms with Crippen LogP contribution in [0.4, 0.5) is 0 Å². The zero-order chi connectivity index (χ0) is 25.7. The highest BCUT2D eigenvalue weighted by Gasteiger charge is 2.35. The van der Waals surface area contributed by atoms with E-state index in [0.29, 0.717) is 22.6 Å². The van der Waals surface area contributed by atoms with E-state index >= 15 is 0 Å². The normalized spacial score (nSPS) is 16.2. The molecule has 0 amide bonds. The van der Waals surface area contributed by atoms with Gasteiger partial charge in [0, 0.05) is 23.1 Å². The number of phenolic OH excluding ortho intramolecular Hbond substituents is 1. The minimum Gasteiger partial charge on any atom is -0.507 e. The van der Waals surface area contributed by atoms with E-state index < -0.39 is 17.3 Å². The maximum Gasteiger partial charge on any atom is 0.312 e. The molecule has 0 aliphatic carbocycles. The molecule has 0 saturated heterocycles. The molecule has 3 aromatic carbocycles. The van der Waals surface area contributed by atoms with Crippen LogP contribution in [0.1, 0.15) is 23.5 Å². The summed E-state index contributed by atoms with van der Waals surface area (Å²) in [6.45, 7) is 0.269. The Morgan fingerprint density at radius 2 is 1.78 bits per heavy atom. The number of carbonyl (C=O) groups excluding carboxylic acids is 1. The van der Waals surface area contributed by atoms with E-state index in [2.05, 4.69) is 0 Å². The van der Waals surface area contributed by atoms with Crippen molar-refractivity contribution in [3.63, 3.8) is 0 Å². The van der Waals surface area contributed by atoms with Gasteiger partial charge in [0.2, 0.25) is 5.43 Å². The first kappa shape index (κ1) is 22.7. The van der Waals surface area contributed by atoms with Crippen LogP contribution in [0.5, 0.6) is 28.7 Å². The van der Waals surface area contributed by atoms with E-state index in [1.807, 2.05) is 30.3 Å². The number of ether oxygens (including phenoxy) is 4. The third-order valence-corrected chi connectivity index (χ3v) is 6.77. The van der Waals surface area contributed by atoms with Crippen LogP contribution >= 0.6 is 0 Å². The summed E-state index contributed by atoms with van der Waals surface area (Å²) in [5.74, 6) is 0.647. The molecule has 6 rings (SSSR count). The van der Waals surface area contributed by atoms with Gasteiger partial charge in [-0.05, 0) is 35.4 Å². The minimum atomic E-state index is -0.456. The van der Waals surface area contributed by atoms with E-state index in [-0.39, 0.29) is 41.1 Å².